The molecule has 0 unspecified atom stereocenters. The molecular weight excluding hydrogens is 480 g/mol. The summed E-state index contributed by atoms with van der Waals surface area (Å²) in [5.41, 5.74) is 4.07. The van der Waals surface area contributed by atoms with Crippen molar-refractivity contribution < 1.29 is 19.0 Å². The molecule has 0 fully saturated rings. The van der Waals surface area contributed by atoms with Crippen LogP contribution in [0, 0.1) is 5.82 Å². The summed E-state index contributed by atoms with van der Waals surface area (Å²) in [4.78, 5) is 14.5. The molecule has 0 saturated carbocycles. The highest BCUT2D eigenvalue weighted by molar-refractivity contribution is 6.31. The third kappa shape index (κ3) is 6.18. The predicted molar refractivity (Wildman–Crippen MR) is 134 cm³/mol. The van der Waals surface area contributed by atoms with Crippen molar-refractivity contribution in [2.24, 2.45) is 5.10 Å². The number of halogens is 3. The molecule has 3 aromatic carbocycles. The number of rotatable bonds is 9. The fourth-order valence-corrected chi connectivity index (χ4v) is 3.66. The number of ether oxygens (including phenoxy) is 1. The number of hydrogen-bond acceptors (Lipinski definition) is 5. The van der Waals surface area contributed by atoms with Crippen molar-refractivity contribution in [1.82, 2.24) is 5.43 Å². The number of hydrogen-bond donors (Lipinski definition) is 2. The van der Waals surface area contributed by atoms with Crippen molar-refractivity contribution in [2.45, 2.75) is 20.5 Å². The smallest absolute Gasteiger partial charge is 0.275 e. The van der Waals surface area contributed by atoms with Crippen LogP contribution in [-0.4, -0.2) is 30.3 Å². The maximum absolute atomic E-state index is 14.2. The van der Waals surface area contributed by atoms with E-state index in [4.69, 9.17) is 27.9 Å². The van der Waals surface area contributed by atoms with Gasteiger partial charge in [0.25, 0.3) is 5.91 Å². The first-order valence-electron chi connectivity index (χ1n) is 10.6. The van der Waals surface area contributed by atoms with Gasteiger partial charge in [0.15, 0.2) is 0 Å². The van der Waals surface area contributed by atoms with E-state index < -0.39 is 11.7 Å². The zero-order valence-electron chi connectivity index (χ0n) is 18.7. The van der Waals surface area contributed by atoms with E-state index in [-0.39, 0.29) is 28.5 Å². The van der Waals surface area contributed by atoms with Gasteiger partial charge in [0.1, 0.15) is 23.9 Å². The van der Waals surface area contributed by atoms with Gasteiger partial charge in [-0.15, -0.1) is 0 Å². The van der Waals surface area contributed by atoms with E-state index in [2.05, 4.69) is 15.4 Å². The van der Waals surface area contributed by atoms with Crippen LogP contribution < -0.4 is 15.1 Å². The molecule has 178 valence electrons. The Labute approximate surface area is 207 Å². The summed E-state index contributed by atoms with van der Waals surface area (Å²) in [5, 5.41) is 14.4. The second-order valence-electron chi connectivity index (χ2n) is 7.24. The first-order chi connectivity index (χ1) is 16.3. The Balaban J connectivity index is 1.85. The third-order valence-corrected chi connectivity index (χ3v) is 5.72. The lowest BCUT2D eigenvalue weighted by Crippen LogP contribution is -2.22. The van der Waals surface area contributed by atoms with Gasteiger partial charge in [-0.3, -0.25) is 4.79 Å². The number of nitrogens with zero attached hydrogens (tertiary/aromatic N) is 2. The molecule has 0 spiro atoms. The summed E-state index contributed by atoms with van der Waals surface area (Å²) in [6.45, 7) is 5.58. The molecule has 3 aromatic rings. The Morgan fingerprint density at radius 2 is 1.91 bits per heavy atom. The van der Waals surface area contributed by atoms with Gasteiger partial charge >= 0.3 is 0 Å². The van der Waals surface area contributed by atoms with Gasteiger partial charge in [0, 0.05) is 41.0 Å². The summed E-state index contributed by atoms with van der Waals surface area (Å²) < 4.78 is 20.1. The first-order valence-corrected chi connectivity index (χ1v) is 11.4. The van der Waals surface area contributed by atoms with Gasteiger partial charge < -0.3 is 14.7 Å². The predicted octanol–water partition coefficient (Wildman–Crippen LogP) is 6.03. The minimum atomic E-state index is -0.628. The first kappa shape index (κ1) is 25.3. The molecule has 34 heavy (non-hydrogen) atoms. The molecule has 0 aromatic heterocycles. The average molecular weight is 504 g/mol. The zero-order valence-corrected chi connectivity index (χ0v) is 20.2. The normalized spacial score (nSPS) is 11.0. The molecule has 1 amide bonds. The topological polar surface area (TPSA) is 74.2 Å². The van der Waals surface area contributed by atoms with Crippen molar-refractivity contribution >= 4 is 41.0 Å². The van der Waals surface area contributed by atoms with Crippen LogP contribution in [0.25, 0.3) is 0 Å². The third-order valence-electron chi connectivity index (χ3n) is 5.13. The summed E-state index contributed by atoms with van der Waals surface area (Å²) >= 11 is 12.0. The fraction of sp³-hybridized carbons (Fsp3) is 0.200. The van der Waals surface area contributed by atoms with E-state index in [9.17, 15) is 14.3 Å². The molecule has 0 saturated heterocycles. The number of phenolic OH excluding ortho intramolecular Hbond substituents is 1. The lowest BCUT2D eigenvalue weighted by molar-refractivity contribution is 0.0952. The van der Waals surface area contributed by atoms with E-state index in [1.807, 2.05) is 26.0 Å². The molecule has 0 aliphatic heterocycles. The Bertz CT molecular complexity index is 1180. The van der Waals surface area contributed by atoms with Gasteiger partial charge in [-0.1, -0.05) is 29.3 Å². The van der Waals surface area contributed by atoms with E-state index in [1.165, 1.54) is 36.5 Å². The van der Waals surface area contributed by atoms with E-state index in [0.717, 1.165) is 18.8 Å². The number of phenols is 1. The van der Waals surface area contributed by atoms with E-state index in [0.29, 0.717) is 16.3 Å². The lowest BCUT2D eigenvalue weighted by Gasteiger charge is -2.22. The number of anilines is 1. The highest BCUT2D eigenvalue weighted by atomic mass is 35.5. The maximum atomic E-state index is 14.2. The fourth-order valence-electron chi connectivity index (χ4n) is 3.27. The van der Waals surface area contributed by atoms with Crippen LogP contribution in [0.1, 0.15) is 35.3 Å². The van der Waals surface area contributed by atoms with Crippen LogP contribution in [0.4, 0.5) is 10.1 Å². The number of hydrazone groups is 1. The molecule has 0 aliphatic rings. The van der Waals surface area contributed by atoms with E-state index >= 15 is 0 Å². The second-order valence-corrected chi connectivity index (χ2v) is 8.09. The molecule has 6 nitrogen and oxygen atoms in total. The second kappa shape index (κ2) is 11.7. The van der Waals surface area contributed by atoms with Crippen LogP contribution in [-0.2, 0) is 6.61 Å². The molecule has 0 heterocycles. The van der Waals surface area contributed by atoms with Crippen LogP contribution in [0.5, 0.6) is 11.5 Å². The van der Waals surface area contributed by atoms with Crippen molar-refractivity contribution in [3.63, 3.8) is 0 Å². The van der Waals surface area contributed by atoms with Gasteiger partial charge in [-0.05, 0) is 56.3 Å². The van der Waals surface area contributed by atoms with Crippen molar-refractivity contribution in [3.8, 4) is 11.5 Å². The van der Waals surface area contributed by atoms with Gasteiger partial charge in [0.05, 0.1) is 16.8 Å². The van der Waals surface area contributed by atoms with Gasteiger partial charge in [-0.2, -0.15) is 5.10 Å². The van der Waals surface area contributed by atoms with Crippen LogP contribution >= 0.6 is 23.2 Å². The van der Waals surface area contributed by atoms with Crippen molar-refractivity contribution in [2.75, 3.05) is 18.0 Å². The molecule has 9 heteroatoms. The standard InChI is InChI=1S/C25H24Cl2FN3O3/c1-3-31(4-2)18-10-8-16(14-29-30-25(33)19-12-17(26)9-11-23(19)32)24(13-18)34-15-20-21(27)6-5-7-22(20)28/h5-14,32H,3-4,15H2,1-2H3,(H,30,33). The average Bonchev–Trinajstić information content (AvgIpc) is 2.82. The molecule has 0 atom stereocenters. The number of carbonyl (C=O) groups is 1. The molecule has 0 radical (unpaired) electrons. The van der Waals surface area contributed by atoms with Crippen molar-refractivity contribution in [3.05, 3.63) is 87.2 Å². The molecular formula is C25H24Cl2FN3O3. The number of carbonyl (C=O) groups excluding carboxylic acids is 1. The monoisotopic (exact) mass is 503 g/mol. The van der Waals surface area contributed by atoms with Gasteiger partial charge in [0.2, 0.25) is 0 Å². The highest BCUT2D eigenvalue weighted by Crippen LogP contribution is 2.28. The number of nitrogens with one attached hydrogen (secondary N) is 1. The Morgan fingerprint density at radius 1 is 1.15 bits per heavy atom. The lowest BCUT2D eigenvalue weighted by atomic mass is 10.1. The maximum Gasteiger partial charge on any atom is 0.275 e. The Morgan fingerprint density at radius 3 is 2.62 bits per heavy atom. The van der Waals surface area contributed by atoms with Gasteiger partial charge in [-0.25, -0.2) is 9.82 Å². The highest BCUT2D eigenvalue weighted by Gasteiger charge is 2.13. The van der Waals surface area contributed by atoms with Crippen LogP contribution in [0.3, 0.4) is 0 Å². The Kier molecular flexibility index (Phi) is 8.73. The summed E-state index contributed by atoms with van der Waals surface area (Å²) in [6.07, 6.45) is 1.41. The Hall–Kier alpha value is -3.29. The summed E-state index contributed by atoms with van der Waals surface area (Å²) in [5.74, 6) is -0.869. The molecule has 2 N–H and O–H groups in total. The van der Waals surface area contributed by atoms with Crippen LogP contribution in [0.15, 0.2) is 59.7 Å². The quantitative estimate of drug-likeness (QED) is 0.276. The largest absolute Gasteiger partial charge is 0.507 e. The van der Waals surface area contributed by atoms with Crippen molar-refractivity contribution in [1.29, 1.82) is 0 Å². The summed E-state index contributed by atoms with van der Waals surface area (Å²) in [7, 11) is 0. The summed E-state index contributed by atoms with van der Waals surface area (Å²) in [6, 6.07) is 14.1. The number of aromatic hydroxyl groups is 1. The minimum absolute atomic E-state index is 0.00722. The molecule has 0 bridgehead atoms. The molecule has 3 rings (SSSR count). The number of benzene rings is 3. The SMILES string of the molecule is CCN(CC)c1ccc(C=NNC(=O)c2cc(Cl)ccc2O)c(OCc2c(F)cccc2Cl)c1. The molecule has 0 aliphatic carbocycles. The van der Waals surface area contributed by atoms with E-state index in [1.54, 1.807) is 12.1 Å². The minimum Gasteiger partial charge on any atom is -0.507 e. The van der Waals surface area contributed by atoms with Crippen LogP contribution in [0.2, 0.25) is 10.0 Å². The zero-order chi connectivity index (χ0) is 24.7. The number of amides is 1.